The van der Waals surface area contributed by atoms with Crippen molar-refractivity contribution in [2.45, 2.75) is 25.8 Å². The second-order valence-corrected chi connectivity index (χ2v) is 4.99. The molecule has 0 aliphatic carbocycles. The number of hydrogen-bond donors (Lipinski definition) is 2. The molecule has 21 heavy (non-hydrogen) atoms. The molecule has 0 saturated heterocycles. The molecular formula is C12H13F2N3O4. The van der Waals surface area contributed by atoms with Crippen molar-refractivity contribution < 1.29 is 23.3 Å². The first-order valence-electron chi connectivity index (χ1n) is 5.78. The van der Waals surface area contributed by atoms with Gasteiger partial charge < -0.3 is 11.1 Å². The monoisotopic (exact) mass is 301 g/mol. The number of halogens is 2. The molecule has 0 atom stereocenters. The number of carbonyl (C=O) groups is 2. The van der Waals surface area contributed by atoms with E-state index in [1.165, 1.54) is 13.8 Å². The summed E-state index contributed by atoms with van der Waals surface area (Å²) in [5, 5.41) is 12.8. The van der Waals surface area contributed by atoms with Crippen LogP contribution in [0.2, 0.25) is 0 Å². The lowest BCUT2D eigenvalue weighted by molar-refractivity contribution is -0.387. The summed E-state index contributed by atoms with van der Waals surface area (Å²) in [5.41, 5.74) is 1.73. The van der Waals surface area contributed by atoms with E-state index in [1.807, 2.05) is 0 Å². The van der Waals surface area contributed by atoms with Crippen LogP contribution in [0.25, 0.3) is 0 Å². The van der Waals surface area contributed by atoms with E-state index in [0.29, 0.717) is 12.1 Å². The zero-order valence-corrected chi connectivity index (χ0v) is 11.3. The minimum Gasteiger partial charge on any atom is -0.370 e. The summed E-state index contributed by atoms with van der Waals surface area (Å²) in [6.07, 6.45) is -0.267. The van der Waals surface area contributed by atoms with Gasteiger partial charge >= 0.3 is 5.69 Å². The Morgan fingerprint density at radius 1 is 1.38 bits per heavy atom. The highest BCUT2D eigenvalue weighted by molar-refractivity contribution is 5.96. The van der Waals surface area contributed by atoms with Crippen molar-refractivity contribution in [2.24, 2.45) is 5.73 Å². The van der Waals surface area contributed by atoms with Gasteiger partial charge in [-0.05, 0) is 19.9 Å². The van der Waals surface area contributed by atoms with Crippen molar-refractivity contribution in [3.8, 4) is 0 Å². The molecule has 0 fully saturated rings. The van der Waals surface area contributed by atoms with E-state index in [1.54, 1.807) is 0 Å². The van der Waals surface area contributed by atoms with E-state index in [9.17, 15) is 28.5 Å². The molecule has 0 unspecified atom stereocenters. The third kappa shape index (κ3) is 3.94. The molecule has 0 radical (unpaired) electrons. The van der Waals surface area contributed by atoms with Gasteiger partial charge in [-0.2, -0.15) is 4.39 Å². The predicted molar refractivity (Wildman–Crippen MR) is 68.4 cm³/mol. The lowest BCUT2D eigenvalue weighted by atomic mass is 9.99. The Labute approximate surface area is 118 Å². The van der Waals surface area contributed by atoms with Crippen molar-refractivity contribution in [3.63, 3.8) is 0 Å². The third-order valence-corrected chi connectivity index (χ3v) is 2.56. The molecule has 114 valence electrons. The standard InChI is InChI=1S/C12H13F2N3O4/c1-12(2,5-8(15)18)16-11(19)9-6(13)3-4-7(10(9)14)17(20)21/h3-4H,5H2,1-2H3,(H2,15,18)(H,16,19). The summed E-state index contributed by atoms with van der Waals surface area (Å²) in [7, 11) is 0. The molecule has 9 heteroatoms. The summed E-state index contributed by atoms with van der Waals surface area (Å²) in [5.74, 6) is -4.75. The van der Waals surface area contributed by atoms with Gasteiger partial charge in [-0.3, -0.25) is 19.7 Å². The number of carbonyl (C=O) groups excluding carboxylic acids is 2. The molecule has 0 aromatic heterocycles. The van der Waals surface area contributed by atoms with Crippen LogP contribution in [-0.2, 0) is 4.79 Å². The van der Waals surface area contributed by atoms with Gasteiger partial charge in [0.25, 0.3) is 5.91 Å². The van der Waals surface area contributed by atoms with E-state index in [2.05, 4.69) is 5.32 Å². The number of amides is 2. The average Bonchev–Trinajstić information content (AvgIpc) is 2.25. The summed E-state index contributed by atoms with van der Waals surface area (Å²) in [4.78, 5) is 32.3. The Hall–Kier alpha value is -2.58. The number of primary amides is 1. The van der Waals surface area contributed by atoms with Crippen molar-refractivity contribution in [2.75, 3.05) is 0 Å². The van der Waals surface area contributed by atoms with Crippen LogP contribution in [0, 0.1) is 21.7 Å². The Kier molecular flexibility index (Phi) is 4.56. The highest BCUT2D eigenvalue weighted by Gasteiger charge is 2.30. The first-order chi connectivity index (χ1) is 9.55. The maximum atomic E-state index is 13.8. The van der Waals surface area contributed by atoms with Crippen molar-refractivity contribution >= 4 is 17.5 Å². The maximum Gasteiger partial charge on any atom is 0.305 e. The molecule has 0 spiro atoms. The molecule has 1 rings (SSSR count). The molecular weight excluding hydrogens is 288 g/mol. The molecule has 3 N–H and O–H groups in total. The Bertz CT molecular complexity index is 617. The van der Waals surface area contributed by atoms with Gasteiger partial charge in [-0.15, -0.1) is 0 Å². The molecule has 0 aliphatic rings. The Morgan fingerprint density at radius 3 is 2.43 bits per heavy atom. The maximum absolute atomic E-state index is 13.8. The molecule has 0 saturated carbocycles. The summed E-state index contributed by atoms with van der Waals surface area (Å²) in [6.45, 7) is 2.84. The van der Waals surface area contributed by atoms with Crippen molar-refractivity contribution in [1.29, 1.82) is 0 Å². The second-order valence-electron chi connectivity index (χ2n) is 4.99. The van der Waals surface area contributed by atoms with Crippen LogP contribution in [0.3, 0.4) is 0 Å². The summed E-state index contributed by atoms with van der Waals surface area (Å²) >= 11 is 0. The average molecular weight is 301 g/mol. The summed E-state index contributed by atoms with van der Waals surface area (Å²) in [6, 6.07) is 1.24. The number of rotatable bonds is 5. The van der Waals surface area contributed by atoms with Gasteiger partial charge in [-0.25, -0.2) is 4.39 Å². The third-order valence-electron chi connectivity index (χ3n) is 2.56. The zero-order valence-electron chi connectivity index (χ0n) is 11.3. The predicted octanol–water partition coefficient (Wildman–Crippen LogP) is 1.26. The number of benzene rings is 1. The quantitative estimate of drug-likeness (QED) is 0.629. The molecule has 1 aromatic rings. The highest BCUT2D eigenvalue weighted by atomic mass is 19.1. The molecule has 0 aliphatic heterocycles. The fourth-order valence-corrected chi connectivity index (χ4v) is 1.74. The smallest absolute Gasteiger partial charge is 0.305 e. The number of nitro benzene ring substituents is 1. The van der Waals surface area contributed by atoms with Gasteiger partial charge in [0.05, 0.1) is 4.92 Å². The van der Waals surface area contributed by atoms with Crippen molar-refractivity contribution in [3.05, 3.63) is 39.4 Å². The number of nitrogens with two attached hydrogens (primary N) is 1. The first-order valence-corrected chi connectivity index (χ1v) is 5.78. The zero-order chi connectivity index (χ0) is 16.4. The van der Waals surface area contributed by atoms with Gasteiger partial charge in [0.1, 0.15) is 11.4 Å². The minimum atomic E-state index is -1.58. The van der Waals surface area contributed by atoms with Gasteiger partial charge in [-0.1, -0.05) is 0 Å². The largest absolute Gasteiger partial charge is 0.370 e. The van der Waals surface area contributed by atoms with Crippen LogP contribution >= 0.6 is 0 Å². The molecule has 0 heterocycles. The lowest BCUT2D eigenvalue weighted by Gasteiger charge is -2.24. The first kappa shape index (κ1) is 16.5. The number of nitrogens with zero attached hydrogens (tertiary/aromatic N) is 1. The number of nitrogens with one attached hydrogen (secondary N) is 1. The van der Waals surface area contributed by atoms with Crippen LogP contribution in [0.5, 0.6) is 0 Å². The van der Waals surface area contributed by atoms with E-state index in [-0.39, 0.29) is 6.42 Å². The fraction of sp³-hybridized carbons (Fsp3) is 0.333. The fourth-order valence-electron chi connectivity index (χ4n) is 1.74. The topological polar surface area (TPSA) is 115 Å². The van der Waals surface area contributed by atoms with E-state index in [4.69, 9.17) is 5.73 Å². The normalized spacial score (nSPS) is 11.0. The van der Waals surface area contributed by atoms with E-state index < -0.39 is 45.2 Å². The Morgan fingerprint density at radius 2 is 1.95 bits per heavy atom. The van der Waals surface area contributed by atoms with Gasteiger partial charge in [0.2, 0.25) is 11.7 Å². The van der Waals surface area contributed by atoms with Crippen LogP contribution in [0.15, 0.2) is 12.1 Å². The van der Waals surface area contributed by atoms with Crippen LogP contribution in [0.1, 0.15) is 30.6 Å². The summed E-state index contributed by atoms with van der Waals surface area (Å²) < 4.78 is 27.4. The Balaban J connectivity index is 3.16. The highest BCUT2D eigenvalue weighted by Crippen LogP contribution is 2.23. The van der Waals surface area contributed by atoms with Gasteiger partial charge in [0, 0.05) is 18.0 Å². The van der Waals surface area contributed by atoms with Crippen LogP contribution < -0.4 is 11.1 Å². The molecule has 7 nitrogen and oxygen atoms in total. The van der Waals surface area contributed by atoms with Gasteiger partial charge in [0.15, 0.2) is 0 Å². The SMILES string of the molecule is CC(C)(CC(N)=O)NC(=O)c1c(F)ccc([N+](=O)[O-])c1F. The van der Waals surface area contributed by atoms with Crippen LogP contribution in [0.4, 0.5) is 14.5 Å². The number of nitro groups is 1. The van der Waals surface area contributed by atoms with E-state index >= 15 is 0 Å². The number of hydrogen-bond acceptors (Lipinski definition) is 4. The minimum absolute atomic E-state index is 0.267. The molecule has 1 aromatic carbocycles. The molecule has 0 bridgehead atoms. The second kappa shape index (κ2) is 5.81. The lowest BCUT2D eigenvalue weighted by Crippen LogP contribution is -2.46. The van der Waals surface area contributed by atoms with E-state index in [0.717, 1.165) is 0 Å². The van der Waals surface area contributed by atoms with Crippen molar-refractivity contribution in [1.82, 2.24) is 5.32 Å². The molecule has 2 amide bonds. The van der Waals surface area contributed by atoms with Crippen LogP contribution in [-0.4, -0.2) is 22.3 Å².